The molecule has 0 aliphatic carbocycles. The lowest BCUT2D eigenvalue weighted by molar-refractivity contribution is 0.766. The maximum absolute atomic E-state index is 5.90. The Morgan fingerprint density at radius 1 is 1.15 bits per heavy atom. The van der Waals surface area contributed by atoms with Gasteiger partial charge < -0.3 is 10.6 Å². The van der Waals surface area contributed by atoms with E-state index in [0.29, 0.717) is 4.99 Å². The average molecular weight is 282 g/mol. The van der Waals surface area contributed by atoms with Crippen LogP contribution in [0.2, 0.25) is 0 Å². The molecule has 0 bridgehead atoms. The molecule has 0 atom stereocenters. The zero-order valence-corrected chi connectivity index (χ0v) is 12.4. The van der Waals surface area contributed by atoms with Crippen molar-refractivity contribution in [2.75, 3.05) is 11.4 Å². The highest BCUT2D eigenvalue weighted by Crippen LogP contribution is 2.35. The monoisotopic (exact) mass is 282 g/mol. The van der Waals surface area contributed by atoms with Crippen LogP contribution in [0.4, 0.5) is 11.4 Å². The average Bonchev–Trinajstić information content (AvgIpc) is 2.46. The normalized spacial score (nSPS) is 13.9. The second-order valence-corrected chi connectivity index (χ2v) is 5.71. The van der Waals surface area contributed by atoms with E-state index in [1.807, 2.05) is 6.07 Å². The van der Waals surface area contributed by atoms with E-state index in [0.717, 1.165) is 30.6 Å². The molecular weight excluding hydrogens is 264 g/mol. The summed E-state index contributed by atoms with van der Waals surface area (Å²) in [6.07, 6.45) is 2.29. The molecule has 0 radical (unpaired) electrons. The number of hydrogen-bond acceptors (Lipinski definition) is 2. The number of anilines is 2. The van der Waals surface area contributed by atoms with Gasteiger partial charge in [-0.25, -0.2) is 0 Å². The molecule has 0 fully saturated rings. The van der Waals surface area contributed by atoms with Gasteiger partial charge in [-0.15, -0.1) is 0 Å². The van der Waals surface area contributed by atoms with E-state index in [4.69, 9.17) is 18.0 Å². The molecule has 0 unspecified atom stereocenters. The van der Waals surface area contributed by atoms with Crippen molar-refractivity contribution in [2.45, 2.75) is 19.8 Å². The lowest BCUT2D eigenvalue weighted by Crippen LogP contribution is -2.27. The molecule has 1 aliphatic heterocycles. The largest absolute Gasteiger partial charge is 0.389 e. The summed E-state index contributed by atoms with van der Waals surface area (Å²) in [6.45, 7) is 3.11. The van der Waals surface area contributed by atoms with E-state index < -0.39 is 0 Å². The zero-order chi connectivity index (χ0) is 14.1. The van der Waals surface area contributed by atoms with E-state index in [1.54, 1.807) is 0 Å². The van der Waals surface area contributed by atoms with E-state index in [-0.39, 0.29) is 0 Å². The first-order valence-electron chi connectivity index (χ1n) is 6.93. The van der Waals surface area contributed by atoms with Crippen molar-refractivity contribution in [3.05, 3.63) is 59.2 Å². The molecule has 2 aromatic carbocycles. The van der Waals surface area contributed by atoms with Crippen molar-refractivity contribution in [3.63, 3.8) is 0 Å². The Morgan fingerprint density at radius 3 is 2.75 bits per heavy atom. The van der Waals surface area contributed by atoms with E-state index in [1.165, 1.54) is 16.8 Å². The van der Waals surface area contributed by atoms with Crippen molar-refractivity contribution in [1.29, 1.82) is 0 Å². The molecule has 1 heterocycles. The van der Waals surface area contributed by atoms with Crippen molar-refractivity contribution < 1.29 is 0 Å². The Labute approximate surface area is 125 Å². The van der Waals surface area contributed by atoms with Crippen LogP contribution in [0.25, 0.3) is 0 Å². The third kappa shape index (κ3) is 2.29. The Morgan fingerprint density at radius 2 is 1.95 bits per heavy atom. The molecule has 0 amide bonds. The lowest BCUT2D eigenvalue weighted by Gasteiger charge is -2.33. The second kappa shape index (κ2) is 5.25. The highest BCUT2D eigenvalue weighted by molar-refractivity contribution is 7.80. The van der Waals surface area contributed by atoms with Crippen LogP contribution < -0.4 is 10.6 Å². The van der Waals surface area contributed by atoms with Crippen molar-refractivity contribution >= 4 is 28.6 Å². The summed E-state index contributed by atoms with van der Waals surface area (Å²) < 4.78 is 0. The fraction of sp³-hybridized carbons (Fsp3) is 0.235. The smallest absolute Gasteiger partial charge is 0.106 e. The number of rotatable bonds is 2. The standard InChI is InChI=1S/C17H18N2S/c1-12-8-9-14(17(18)20)16(11-12)19-10-4-6-13-5-2-3-7-15(13)19/h2-3,5,7-9,11H,4,6,10H2,1H3,(H2,18,20). The molecule has 102 valence electrons. The van der Waals surface area contributed by atoms with Crippen molar-refractivity contribution in [3.8, 4) is 0 Å². The number of hydrogen-bond donors (Lipinski definition) is 1. The van der Waals surface area contributed by atoms with E-state index >= 15 is 0 Å². The first kappa shape index (κ1) is 13.1. The third-order valence-electron chi connectivity index (χ3n) is 3.82. The minimum Gasteiger partial charge on any atom is -0.389 e. The minimum atomic E-state index is 0.461. The van der Waals surface area contributed by atoms with Gasteiger partial charge in [0.2, 0.25) is 0 Å². The van der Waals surface area contributed by atoms with Gasteiger partial charge in [-0.05, 0) is 49.1 Å². The summed E-state index contributed by atoms with van der Waals surface area (Å²) in [5.41, 5.74) is 11.9. The van der Waals surface area contributed by atoms with Gasteiger partial charge in [0.05, 0.1) is 5.69 Å². The SMILES string of the molecule is Cc1ccc(C(N)=S)c(N2CCCc3ccccc32)c1. The van der Waals surface area contributed by atoms with Crippen LogP contribution in [0.15, 0.2) is 42.5 Å². The number of aryl methyl sites for hydroxylation is 2. The van der Waals surface area contributed by atoms with Crippen LogP contribution in [-0.4, -0.2) is 11.5 Å². The number of nitrogens with two attached hydrogens (primary N) is 1. The molecule has 20 heavy (non-hydrogen) atoms. The summed E-state index contributed by atoms with van der Waals surface area (Å²) in [5.74, 6) is 0. The number of benzene rings is 2. The van der Waals surface area contributed by atoms with Crippen LogP contribution in [-0.2, 0) is 6.42 Å². The molecule has 0 aromatic heterocycles. The number of nitrogens with zero attached hydrogens (tertiary/aromatic N) is 1. The van der Waals surface area contributed by atoms with Gasteiger partial charge in [0, 0.05) is 17.8 Å². The van der Waals surface area contributed by atoms with Crippen molar-refractivity contribution in [2.24, 2.45) is 5.73 Å². The molecule has 2 N–H and O–H groups in total. The molecule has 3 rings (SSSR count). The molecule has 1 aliphatic rings. The topological polar surface area (TPSA) is 29.3 Å². The lowest BCUT2D eigenvalue weighted by atomic mass is 9.99. The first-order valence-corrected chi connectivity index (χ1v) is 7.33. The van der Waals surface area contributed by atoms with Gasteiger partial charge in [-0.1, -0.05) is 36.5 Å². The number of fused-ring (bicyclic) bond motifs is 1. The summed E-state index contributed by atoms with van der Waals surface area (Å²) in [4.78, 5) is 2.81. The Hall–Kier alpha value is -1.87. The van der Waals surface area contributed by atoms with Crippen LogP contribution >= 0.6 is 12.2 Å². The molecule has 2 aromatic rings. The molecule has 0 saturated carbocycles. The van der Waals surface area contributed by atoms with Gasteiger partial charge in [-0.3, -0.25) is 0 Å². The predicted molar refractivity (Wildman–Crippen MR) is 88.8 cm³/mol. The minimum absolute atomic E-state index is 0.461. The quantitative estimate of drug-likeness (QED) is 0.851. The van der Waals surface area contributed by atoms with Crippen LogP contribution in [0.3, 0.4) is 0 Å². The predicted octanol–water partition coefficient (Wildman–Crippen LogP) is 3.71. The molecule has 0 spiro atoms. The van der Waals surface area contributed by atoms with Gasteiger partial charge in [0.25, 0.3) is 0 Å². The Kier molecular flexibility index (Phi) is 3.45. The Bertz CT molecular complexity index is 664. The van der Waals surface area contributed by atoms with Crippen molar-refractivity contribution in [1.82, 2.24) is 0 Å². The second-order valence-electron chi connectivity index (χ2n) is 5.27. The third-order valence-corrected chi connectivity index (χ3v) is 4.04. The fourth-order valence-electron chi connectivity index (χ4n) is 2.86. The molecule has 2 nitrogen and oxygen atoms in total. The van der Waals surface area contributed by atoms with E-state index in [9.17, 15) is 0 Å². The maximum atomic E-state index is 5.90. The van der Waals surface area contributed by atoms with Gasteiger partial charge in [0.15, 0.2) is 0 Å². The van der Waals surface area contributed by atoms with Gasteiger partial charge in [0.1, 0.15) is 4.99 Å². The van der Waals surface area contributed by atoms with Gasteiger partial charge >= 0.3 is 0 Å². The van der Waals surface area contributed by atoms with E-state index in [2.05, 4.69) is 48.2 Å². The molecule has 0 saturated heterocycles. The summed E-state index contributed by atoms with van der Waals surface area (Å²) in [6, 6.07) is 14.9. The zero-order valence-electron chi connectivity index (χ0n) is 11.6. The highest BCUT2D eigenvalue weighted by Gasteiger charge is 2.20. The first-order chi connectivity index (χ1) is 9.66. The highest BCUT2D eigenvalue weighted by atomic mass is 32.1. The van der Waals surface area contributed by atoms with Gasteiger partial charge in [-0.2, -0.15) is 0 Å². The number of para-hydroxylation sites is 1. The summed E-state index contributed by atoms with van der Waals surface area (Å²) >= 11 is 5.21. The summed E-state index contributed by atoms with van der Waals surface area (Å²) in [7, 11) is 0. The Balaban J connectivity index is 2.15. The number of thiocarbonyl (C=S) groups is 1. The molecule has 3 heteroatoms. The summed E-state index contributed by atoms with van der Waals surface area (Å²) in [5, 5.41) is 0. The van der Waals surface area contributed by atoms with Crippen LogP contribution in [0, 0.1) is 6.92 Å². The van der Waals surface area contributed by atoms with Crippen LogP contribution in [0.1, 0.15) is 23.1 Å². The molecular formula is C17H18N2S. The van der Waals surface area contributed by atoms with Crippen LogP contribution in [0.5, 0.6) is 0 Å². The fourth-order valence-corrected chi connectivity index (χ4v) is 3.03. The maximum Gasteiger partial charge on any atom is 0.106 e.